The zero-order valence-corrected chi connectivity index (χ0v) is 5.38. The number of azo groups is 1. The van der Waals surface area contributed by atoms with Crippen molar-refractivity contribution < 1.29 is 0 Å². The Bertz CT molecular complexity index is 168. The minimum Gasteiger partial charge on any atom is -0.187 e. The molecule has 48 valence electrons. The highest BCUT2D eigenvalue weighted by Gasteiger charge is 2.47. The topological polar surface area (TPSA) is 24.7 Å². The molecule has 0 saturated heterocycles. The van der Waals surface area contributed by atoms with Crippen LogP contribution in [0, 0.1) is 0 Å². The molecule has 2 rings (SSSR count). The third-order valence-corrected chi connectivity index (χ3v) is 2.11. The van der Waals surface area contributed by atoms with Crippen LogP contribution in [0.25, 0.3) is 0 Å². The number of hydrogen-bond donors (Lipinski definition) is 0. The number of hydrogen-bond acceptors (Lipinski definition) is 2. The normalized spacial score (nSPS) is 35.3. The van der Waals surface area contributed by atoms with Gasteiger partial charge < -0.3 is 0 Å². The lowest BCUT2D eigenvalue weighted by atomic mass is 10.1. The molecule has 0 aromatic rings. The van der Waals surface area contributed by atoms with Crippen molar-refractivity contribution in [3.05, 3.63) is 12.7 Å². The summed E-state index contributed by atoms with van der Waals surface area (Å²) in [6.07, 6.45) is 5.51. The van der Waals surface area contributed by atoms with Crippen molar-refractivity contribution in [1.82, 2.24) is 0 Å². The maximum Gasteiger partial charge on any atom is 0.0910 e. The molecule has 1 atom stereocenters. The highest BCUT2D eigenvalue weighted by molar-refractivity contribution is 5.10. The Hall–Kier alpha value is -0.660. The second-order valence-corrected chi connectivity index (χ2v) is 2.95. The van der Waals surface area contributed by atoms with Gasteiger partial charge in [0.2, 0.25) is 0 Å². The molecule has 9 heavy (non-hydrogen) atoms. The number of rotatable bonds is 1. The molecule has 0 N–H and O–H groups in total. The van der Waals surface area contributed by atoms with E-state index in [1.807, 2.05) is 6.08 Å². The van der Waals surface area contributed by atoms with Gasteiger partial charge in [0, 0.05) is 6.42 Å². The summed E-state index contributed by atoms with van der Waals surface area (Å²) in [6, 6.07) is 0.326. The summed E-state index contributed by atoms with van der Waals surface area (Å²) in [4.78, 5) is 0. The van der Waals surface area contributed by atoms with Crippen molar-refractivity contribution in [2.45, 2.75) is 30.8 Å². The van der Waals surface area contributed by atoms with Crippen LogP contribution < -0.4 is 0 Å². The second kappa shape index (κ2) is 1.43. The molecule has 1 fully saturated rings. The van der Waals surface area contributed by atoms with Crippen LogP contribution in [0.15, 0.2) is 22.9 Å². The zero-order chi connectivity index (χ0) is 6.32. The second-order valence-electron chi connectivity index (χ2n) is 2.95. The average Bonchev–Trinajstić information content (AvgIpc) is 2.44. The first-order valence-electron chi connectivity index (χ1n) is 3.39. The minimum absolute atomic E-state index is 0.304. The van der Waals surface area contributed by atoms with E-state index in [9.17, 15) is 0 Å². The molecule has 1 aliphatic carbocycles. The smallest absolute Gasteiger partial charge is 0.0910 e. The molecule has 2 aliphatic rings. The third kappa shape index (κ3) is 0.696. The summed E-state index contributed by atoms with van der Waals surface area (Å²) >= 11 is 0. The first-order chi connectivity index (χ1) is 4.35. The highest BCUT2D eigenvalue weighted by atomic mass is 15.2. The van der Waals surface area contributed by atoms with Crippen molar-refractivity contribution in [3.63, 3.8) is 0 Å². The molecule has 1 aliphatic heterocycles. The molecule has 0 amide bonds. The summed E-state index contributed by atoms with van der Waals surface area (Å²) in [5, 5.41) is 8.26. The van der Waals surface area contributed by atoms with Crippen LogP contribution in [0.1, 0.15) is 19.3 Å². The lowest BCUT2D eigenvalue weighted by Gasteiger charge is -1.97. The standard InChI is InChI=1S/C7H10N2/c1-2-6-5-7(3-4-7)9-8-6/h2,6H,1,3-5H2. The maximum atomic E-state index is 4.19. The van der Waals surface area contributed by atoms with Gasteiger partial charge in [0.05, 0.1) is 11.6 Å². The highest BCUT2D eigenvalue weighted by Crippen LogP contribution is 2.48. The first kappa shape index (κ1) is 5.15. The summed E-state index contributed by atoms with van der Waals surface area (Å²) in [5.41, 5.74) is 0.304. The zero-order valence-electron chi connectivity index (χ0n) is 5.38. The molecule has 1 heterocycles. The Morgan fingerprint density at radius 2 is 2.33 bits per heavy atom. The van der Waals surface area contributed by atoms with E-state index in [1.54, 1.807) is 0 Å². The van der Waals surface area contributed by atoms with Crippen LogP contribution in [0.2, 0.25) is 0 Å². The van der Waals surface area contributed by atoms with Crippen LogP contribution in [0.3, 0.4) is 0 Å². The third-order valence-electron chi connectivity index (χ3n) is 2.11. The molecule has 0 bridgehead atoms. The molecule has 2 nitrogen and oxygen atoms in total. The van der Waals surface area contributed by atoms with Gasteiger partial charge in [0.25, 0.3) is 0 Å². The molecule has 0 aromatic heterocycles. The van der Waals surface area contributed by atoms with Crippen molar-refractivity contribution in [2.24, 2.45) is 10.2 Å². The van der Waals surface area contributed by atoms with Gasteiger partial charge in [-0.1, -0.05) is 6.08 Å². The Balaban J connectivity index is 2.10. The molecule has 1 unspecified atom stereocenters. The fourth-order valence-electron chi connectivity index (χ4n) is 1.25. The Morgan fingerprint density at radius 3 is 2.67 bits per heavy atom. The van der Waals surface area contributed by atoms with E-state index in [-0.39, 0.29) is 0 Å². The fourth-order valence-corrected chi connectivity index (χ4v) is 1.25. The van der Waals surface area contributed by atoms with Gasteiger partial charge >= 0.3 is 0 Å². The van der Waals surface area contributed by atoms with Crippen molar-refractivity contribution in [1.29, 1.82) is 0 Å². The predicted octanol–water partition coefficient (Wildman–Crippen LogP) is 1.93. The van der Waals surface area contributed by atoms with Gasteiger partial charge in [-0.3, -0.25) is 0 Å². The van der Waals surface area contributed by atoms with Gasteiger partial charge in [0.15, 0.2) is 0 Å². The lowest BCUT2D eigenvalue weighted by Crippen LogP contribution is -2.04. The molecule has 2 heteroatoms. The first-order valence-corrected chi connectivity index (χ1v) is 3.39. The minimum atomic E-state index is 0.304. The molecular formula is C7H10N2. The van der Waals surface area contributed by atoms with Crippen LogP contribution in [-0.2, 0) is 0 Å². The van der Waals surface area contributed by atoms with Gasteiger partial charge in [0.1, 0.15) is 0 Å². The van der Waals surface area contributed by atoms with Crippen LogP contribution in [0.5, 0.6) is 0 Å². The Kier molecular flexibility index (Phi) is 0.821. The maximum absolute atomic E-state index is 4.19. The Morgan fingerprint density at radius 1 is 1.56 bits per heavy atom. The van der Waals surface area contributed by atoms with Crippen LogP contribution >= 0.6 is 0 Å². The molecular weight excluding hydrogens is 112 g/mol. The van der Waals surface area contributed by atoms with E-state index in [2.05, 4.69) is 16.8 Å². The summed E-state index contributed by atoms with van der Waals surface area (Å²) in [5.74, 6) is 0. The van der Waals surface area contributed by atoms with Crippen molar-refractivity contribution >= 4 is 0 Å². The van der Waals surface area contributed by atoms with E-state index in [0.29, 0.717) is 11.6 Å². The van der Waals surface area contributed by atoms with Crippen molar-refractivity contribution in [2.75, 3.05) is 0 Å². The summed E-state index contributed by atoms with van der Waals surface area (Å²) in [7, 11) is 0. The fraction of sp³-hybridized carbons (Fsp3) is 0.714. The van der Waals surface area contributed by atoms with E-state index in [0.717, 1.165) is 6.42 Å². The van der Waals surface area contributed by atoms with Gasteiger partial charge in [-0.15, -0.1) is 6.58 Å². The van der Waals surface area contributed by atoms with Crippen molar-refractivity contribution in [3.8, 4) is 0 Å². The van der Waals surface area contributed by atoms with E-state index in [4.69, 9.17) is 0 Å². The average molecular weight is 122 g/mol. The van der Waals surface area contributed by atoms with E-state index < -0.39 is 0 Å². The largest absolute Gasteiger partial charge is 0.187 e. The quantitative estimate of drug-likeness (QED) is 0.475. The molecule has 1 spiro atoms. The predicted molar refractivity (Wildman–Crippen MR) is 35.4 cm³/mol. The van der Waals surface area contributed by atoms with E-state index >= 15 is 0 Å². The number of nitrogens with zero attached hydrogens (tertiary/aromatic N) is 2. The summed E-state index contributed by atoms with van der Waals surface area (Å²) in [6.45, 7) is 3.68. The van der Waals surface area contributed by atoms with Crippen LogP contribution in [0.4, 0.5) is 0 Å². The SMILES string of the molecule is C=CC1CC2(CC2)N=N1. The van der Waals surface area contributed by atoms with Gasteiger partial charge in [-0.2, -0.15) is 10.2 Å². The monoisotopic (exact) mass is 122 g/mol. The Labute approximate surface area is 54.7 Å². The van der Waals surface area contributed by atoms with E-state index in [1.165, 1.54) is 12.8 Å². The molecule has 1 saturated carbocycles. The molecule has 0 radical (unpaired) electrons. The van der Waals surface area contributed by atoms with Crippen LogP contribution in [-0.4, -0.2) is 11.6 Å². The summed E-state index contributed by atoms with van der Waals surface area (Å²) < 4.78 is 0. The molecule has 0 aromatic carbocycles. The van der Waals surface area contributed by atoms with Gasteiger partial charge in [-0.05, 0) is 12.8 Å². The lowest BCUT2D eigenvalue weighted by molar-refractivity contribution is 0.660. The van der Waals surface area contributed by atoms with Gasteiger partial charge in [-0.25, -0.2) is 0 Å².